The van der Waals surface area contributed by atoms with Crippen LogP contribution in [-0.4, -0.2) is 27.9 Å². The summed E-state index contributed by atoms with van der Waals surface area (Å²) in [7, 11) is 2.10. The number of likely N-dealkylation sites (N-methyl/N-ethyl adjacent to an activating group) is 1. The monoisotopic (exact) mass is 292 g/mol. The number of hydrogen-bond donors (Lipinski definition) is 1. The van der Waals surface area contributed by atoms with Gasteiger partial charge in [0.2, 0.25) is 0 Å². The molecule has 21 heavy (non-hydrogen) atoms. The molecule has 0 aliphatic heterocycles. The van der Waals surface area contributed by atoms with Crippen molar-refractivity contribution in [2.75, 3.05) is 7.05 Å². The van der Waals surface area contributed by atoms with E-state index in [4.69, 9.17) is 0 Å². The van der Waals surface area contributed by atoms with E-state index < -0.39 is 0 Å². The van der Waals surface area contributed by atoms with Crippen LogP contribution in [0.1, 0.15) is 64.6 Å². The van der Waals surface area contributed by atoms with Crippen molar-refractivity contribution in [3.8, 4) is 0 Å². The van der Waals surface area contributed by atoms with Crippen LogP contribution in [0, 0.1) is 11.8 Å². The summed E-state index contributed by atoms with van der Waals surface area (Å²) in [5.74, 6) is 2.93. The van der Waals surface area contributed by atoms with Crippen LogP contribution in [-0.2, 0) is 13.0 Å². The second-order valence-corrected chi connectivity index (χ2v) is 6.57. The molecule has 1 aliphatic carbocycles. The maximum Gasteiger partial charge on any atom is 0.138 e. The molecular weight excluding hydrogens is 260 g/mol. The number of nitrogens with zero attached hydrogens (tertiary/aromatic N) is 3. The molecule has 4 heteroatoms. The van der Waals surface area contributed by atoms with Gasteiger partial charge < -0.3 is 5.32 Å². The second kappa shape index (κ2) is 8.52. The van der Waals surface area contributed by atoms with Crippen molar-refractivity contribution >= 4 is 0 Å². The van der Waals surface area contributed by atoms with Gasteiger partial charge >= 0.3 is 0 Å². The van der Waals surface area contributed by atoms with Gasteiger partial charge in [-0.3, -0.25) is 4.68 Å². The van der Waals surface area contributed by atoms with Crippen molar-refractivity contribution in [1.82, 2.24) is 20.1 Å². The Morgan fingerprint density at radius 1 is 1.24 bits per heavy atom. The van der Waals surface area contributed by atoms with E-state index in [0.717, 1.165) is 37.0 Å². The molecular formula is C17H32N4. The van der Waals surface area contributed by atoms with Gasteiger partial charge in [0, 0.05) is 19.0 Å². The van der Waals surface area contributed by atoms with Crippen LogP contribution in [0.3, 0.4) is 0 Å². The minimum atomic E-state index is 0.549. The van der Waals surface area contributed by atoms with Gasteiger partial charge in [0.15, 0.2) is 0 Å². The number of hydrogen-bond acceptors (Lipinski definition) is 3. The van der Waals surface area contributed by atoms with E-state index in [2.05, 4.69) is 41.0 Å². The van der Waals surface area contributed by atoms with Crippen molar-refractivity contribution in [1.29, 1.82) is 0 Å². The first-order valence-corrected chi connectivity index (χ1v) is 8.82. The summed E-state index contributed by atoms with van der Waals surface area (Å²) in [5.41, 5.74) is 0. The summed E-state index contributed by atoms with van der Waals surface area (Å²) < 4.78 is 2.08. The third kappa shape index (κ3) is 4.53. The first-order chi connectivity index (χ1) is 10.3. The standard InChI is InChI=1S/C17H32N4/c1-4-6-14-7-9-15(10-8-14)16(18-3)12-17-19-13-20-21(17)11-5-2/h13-16,18H,4-12H2,1-3H3. The number of nitrogens with one attached hydrogen (secondary N) is 1. The van der Waals surface area contributed by atoms with Crippen LogP contribution in [0.5, 0.6) is 0 Å². The molecule has 1 saturated carbocycles. The van der Waals surface area contributed by atoms with Crippen LogP contribution in [0.15, 0.2) is 6.33 Å². The topological polar surface area (TPSA) is 42.7 Å². The number of aromatic nitrogens is 3. The van der Waals surface area contributed by atoms with Crippen molar-refractivity contribution in [3.63, 3.8) is 0 Å². The smallest absolute Gasteiger partial charge is 0.138 e. The first kappa shape index (κ1) is 16.5. The lowest BCUT2D eigenvalue weighted by atomic mass is 9.76. The highest BCUT2D eigenvalue weighted by Gasteiger charge is 2.27. The van der Waals surface area contributed by atoms with Gasteiger partial charge in [0.05, 0.1) is 0 Å². The summed E-state index contributed by atoms with van der Waals surface area (Å²) in [5, 5.41) is 7.90. The van der Waals surface area contributed by atoms with Gasteiger partial charge in [-0.1, -0.05) is 39.5 Å². The van der Waals surface area contributed by atoms with Crippen molar-refractivity contribution in [2.24, 2.45) is 11.8 Å². The van der Waals surface area contributed by atoms with Gasteiger partial charge in [0.25, 0.3) is 0 Å². The van der Waals surface area contributed by atoms with Crippen molar-refractivity contribution in [2.45, 2.75) is 77.8 Å². The highest BCUT2D eigenvalue weighted by Crippen LogP contribution is 2.33. The Kier molecular flexibility index (Phi) is 6.68. The fraction of sp³-hybridized carbons (Fsp3) is 0.882. The summed E-state index contributed by atoms with van der Waals surface area (Å²) in [4.78, 5) is 4.47. The molecule has 0 spiro atoms. The molecule has 1 N–H and O–H groups in total. The third-order valence-electron chi connectivity index (χ3n) is 5.06. The molecule has 1 aliphatic rings. The highest BCUT2D eigenvalue weighted by molar-refractivity contribution is 4.93. The van der Waals surface area contributed by atoms with Gasteiger partial charge in [-0.25, -0.2) is 4.98 Å². The Labute approximate surface area is 129 Å². The second-order valence-electron chi connectivity index (χ2n) is 6.57. The van der Waals surface area contributed by atoms with Crippen LogP contribution >= 0.6 is 0 Å². The Morgan fingerprint density at radius 2 is 2.00 bits per heavy atom. The third-order valence-corrected chi connectivity index (χ3v) is 5.06. The molecule has 0 aromatic carbocycles. The lowest BCUT2D eigenvalue weighted by molar-refractivity contribution is 0.215. The largest absolute Gasteiger partial charge is 0.316 e. The lowest BCUT2D eigenvalue weighted by Gasteiger charge is -2.33. The minimum absolute atomic E-state index is 0.549. The van der Waals surface area contributed by atoms with Gasteiger partial charge in [-0.2, -0.15) is 5.10 Å². The Morgan fingerprint density at radius 3 is 2.62 bits per heavy atom. The maximum atomic E-state index is 4.47. The number of rotatable bonds is 8. The molecule has 0 amide bonds. The molecule has 1 fully saturated rings. The molecule has 4 nitrogen and oxygen atoms in total. The SMILES string of the molecule is CCCC1CCC(C(Cc2ncnn2CCC)NC)CC1. The summed E-state index contributed by atoms with van der Waals surface area (Å²) >= 11 is 0. The molecule has 1 heterocycles. The average Bonchev–Trinajstić information content (AvgIpc) is 2.94. The molecule has 2 rings (SSSR count). The molecule has 0 saturated heterocycles. The fourth-order valence-corrected chi connectivity index (χ4v) is 3.83. The lowest BCUT2D eigenvalue weighted by Crippen LogP contribution is -2.38. The first-order valence-electron chi connectivity index (χ1n) is 8.82. The highest BCUT2D eigenvalue weighted by atomic mass is 15.3. The van der Waals surface area contributed by atoms with E-state index in [-0.39, 0.29) is 0 Å². The molecule has 0 radical (unpaired) electrons. The quantitative estimate of drug-likeness (QED) is 0.798. The molecule has 1 atom stereocenters. The summed E-state index contributed by atoms with van der Waals surface area (Å²) in [6, 6.07) is 0.549. The molecule has 1 unspecified atom stereocenters. The molecule has 1 aromatic heterocycles. The van der Waals surface area contributed by atoms with Gasteiger partial charge in [-0.15, -0.1) is 0 Å². The van der Waals surface area contributed by atoms with Crippen molar-refractivity contribution < 1.29 is 0 Å². The maximum absolute atomic E-state index is 4.47. The van der Waals surface area contributed by atoms with Crippen molar-refractivity contribution in [3.05, 3.63) is 12.2 Å². The normalized spacial score (nSPS) is 24.1. The van der Waals surface area contributed by atoms with Crippen LogP contribution in [0.25, 0.3) is 0 Å². The van der Waals surface area contributed by atoms with Crippen LogP contribution < -0.4 is 5.32 Å². The van der Waals surface area contributed by atoms with Gasteiger partial charge in [0.1, 0.15) is 12.2 Å². The fourth-order valence-electron chi connectivity index (χ4n) is 3.83. The Hall–Kier alpha value is -0.900. The van der Waals surface area contributed by atoms with E-state index in [1.807, 2.05) is 0 Å². The van der Waals surface area contributed by atoms with E-state index in [0.29, 0.717) is 6.04 Å². The van der Waals surface area contributed by atoms with E-state index in [9.17, 15) is 0 Å². The Balaban J connectivity index is 1.90. The summed E-state index contributed by atoms with van der Waals surface area (Å²) in [6.45, 7) is 5.48. The zero-order valence-corrected chi connectivity index (χ0v) is 14.0. The zero-order valence-electron chi connectivity index (χ0n) is 14.0. The predicted molar refractivity (Wildman–Crippen MR) is 87.2 cm³/mol. The van der Waals surface area contributed by atoms with E-state index in [1.165, 1.54) is 38.5 Å². The van der Waals surface area contributed by atoms with E-state index >= 15 is 0 Å². The zero-order chi connectivity index (χ0) is 15.1. The molecule has 120 valence electrons. The van der Waals surface area contributed by atoms with E-state index in [1.54, 1.807) is 6.33 Å². The van der Waals surface area contributed by atoms with Crippen LogP contribution in [0.2, 0.25) is 0 Å². The molecule has 0 bridgehead atoms. The average molecular weight is 292 g/mol. The molecule has 1 aromatic rings. The Bertz CT molecular complexity index is 393. The predicted octanol–water partition coefficient (Wildman–Crippen LogP) is 3.43. The minimum Gasteiger partial charge on any atom is -0.316 e. The summed E-state index contributed by atoms with van der Waals surface area (Å²) in [6.07, 6.45) is 12.2. The van der Waals surface area contributed by atoms with Crippen LogP contribution in [0.4, 0.5) is 0 Å². The van der Waals surface area contributed by atoms with Gasteiger partial charge in [-0.05, 0) is 38.1 Å². The number of aryl methyl sites for hydroxylation is 1.